The quantitative estimate of drug-likeness (QED) is 0.634. The number of thiocarbonyl (C=S) groups is 1. The average Bonchev–Trinajstić information content (AvgIpc) is 2.43. The molecule has 0 saturated carbocycles. The van der Waals surface area contributed by atoms with Gasteiger partial charge in [-0.05, 0) is 56.5 Å². The summed E-state index contributed by atoms with van der Waals surface area (Å²) in [6.45, 7) is 7.68. The fourth-order valence-corrected chi connectivity index (χ4v) is 2.95. The van der Waals surface area contributed by atoms with Gasteiger partial charge < -0.3 is 10.1 Å². The van der Waals surface area contributed by atoms with Crippen molar-refractivity contribution in [2.45, 2.75) is 58.6 Å². The average molecular weight is 305 g/mol. The van der Waals surface area contributed by atoms with E-state index in [1.165, 1.54) is 16.7 Å². The maximum atomic E-state index is 11.9. The number of hydrogen-bond acceptors (Lipinski definition) is 3. The van der Waals surface area contributed by atoms with Gasteiger partial charge in [0.2, 0.25) is 0 Å². The minimum Gasteiger partial charge on any atom is -0.444 e. The second-order valence-corrected chi connectivity index (χ2v) is 7.32. The zero-order valence-electron chi connectivity index (χ0n) is 13.2. The molecule has 1 amide bonds. The van der Waals surface area contributed by atoms with Crippen molar-refractivity contribution in [2.75, 3.05) is 0 Å². The summed E-state index contributed by atoms with van der Waals surface area (Å²) in [5.74, 6) is 0. The predicted molar refractivity (Wildman–Crippen MR) is 89.0 cm³/mol. The van der Waals surface area contributed by atoms with Crippen LogP contribution < -0.4 is 5.32 Å². The van der Waals surface area contributed by atoms with Gasteiger partial charge in [-0.3, -0.25) is 0 Å². The fourth-order valence-electron chi connectivity index (χ4n) is 2.59. The van der Waals surface area contributed by atoms with E-state index >= 15 is 0 Å². The molecule has 0 heterocycles. The third kappa shape index (κ3) is 4.81. The Labute approximate surface area is 132 Å². The first-order chi connectivity index (χ1) is 9.73. The fraction of sp³-hybridized carbons (Fsp3) is 0.529. The highest BCUT2D eigenvalue weighted by molar-refractivity contribution is 7.80. The first-order valence-corrected chi connectivity index (χ1v) is 7.73. The number of amides is 1. The lowest BCUT2D eigenvalue weighted by atomic mass is 9.99. The van der Waals surface area contributed by atoms with Crippen molar-refractivity contribution in [3.8, 4) is 0 Å². The second kappa shape index (κ2) is 6.14. The number of aryl methyl sites for hydroxylation is 1. The van der Waals surface area contributed by atoms with Gasteiger partial charge in [0.1, 0.15) is 5.60 Å². The summed E-state index contributed by atoms with van der Waals surface area (Å²) in [6.07, 6.45) is 1.97. The monoisotopic (exact) mass is 305 g/mol. The van der Waals surface area contributed by atoms with Crippen LogP contribution in [0.4, 0.5) is 4.79 Å². The number of hydrogen-bond donors (Lipinski definition) is 1. The molecule has 2 rings (SSSR count). The molecule has 114 valence electrons. The Bertz CT molecular complexity index is 560. The highest BCUT2D eigenvalue weighted by Crippen LogP contribution is 2.21. The number of ether oxygens (including phenoxy) is 1. The Balaban J connectivity index is 2.11. The van der Waals surface area contributed by atoms with Crippen molar-refractivity contribution in [3.05, 3.63) is 34.9 Å². The Hall–Kier alpha value is -1.42. The van der Waals surface area contributed by atoms with Gasteiger partial charge in [0, 0.05) is 12.5 Å². The van der Waals surface area contributed by atoms with E-state index in [9.17, 15) is 4.79 Å². The summed E-state index contributed by atoms with van der Waals surface area (Å²) in [5.41, 5.74) is 3.30. The van der Waals surface area contributed by atoms with Crippen LogP contribution in [0.15, 0.2) is 18.2 Å². The molecule has 21 heavy (non-hydrogen) atoms. The van der Waals surface area contributed by atoms with Crippen LogP contribution in [-0.2, 0) is 17.6 Å². The third-order valence-corrected chi connectivity index (χ3v) is 3.72. The number of carbonyl (C=O) groups excluding carboxylic acids is 1. The summed E-state index contributed by atoms with van der Waals surface area (Å²) < 4.78 is 5.33. The van der Waals surface area contributed by atoms with Gasteiger partial charge in [0.25, 0.3) is 0 Å². The number of fused-ring (bicyclic) bond motifs is 1. The van der Waals surface area contributed by atoms with Crippen LogP contribution in [0.2, 0.25) is 0 Å². The Morgan fingerprint density at radius 2 is 2.00 bits per heavy atom. The zero-order valence-corrected chi connectivity index (χ0v) is 14.0. The molecule has 0 radical (unpaired) electrons. The van der Waals surface area contributed by atoms with E-state index in [-0.39, 0.29) is 12.1 Å². The summed E-state index contributed by atoms with van der Waals surface area (Å²) in [7, 11) is 0. The SMILES string of the molecule is Cc1ccc2c(c1)CC(NC(=O)OC(C)(C)C)CC(=S)C2. The molecule has 1 atom stereocenters. The maximum absolute atomic E-state index is 11.9. The Kier molecular flexibility index (Phi) is 4.67. The van der Waals surface area contributed by atoms with Crippen molar-refractivity contribution < 1.29 is 9.53 Å². The summed E-state index contributed by atoms with van der Waals surface area (Å²) in [5, 5.41) is 2.96. The van der Waals surface area contributed by atoms with E-state index in [1.807, 2.05) is 20.8 Å². The number of carbonyl (C=O) groups is 1. The van der Waals surface area contributed by atoms with E-state index < -0.39 is 5.60 Å². The third-order valence-electron chi connectivity index (χ3n) is 3.41. The summed E-state index contributed by atoms with van der Waals surface area (Å²) >= 11 is 5.45. The highest BCUT2D eigenvalue weighted by atomic mass is 32.1. The van der Waals surface area contributed by atoms with E-state index in [0.717, 1.165) is 24.1 Å². The molecule has 0 spiro atoms. The van der Waals surface area contributed by atoms with E-state index in [0.29, 0.717) is 0 Å². The van der Waals surface area contributed by atoms with Crippen LogP contribution in [0.3, 0.4) is 0 Å². The Morgan fingerprint density at radius 1 is 1.29 bits per heavy atom. The van der Waals surface area contributed by atoms with Gasteiger partial charge in [0.15, 0.2) is 0 Å². The van der Waals surface area contributed by atoms with Crippen molar-refractivity contribution in [3.63, 3.8) is 0 Å². The molecule has 0 saturated heterocycles. The van der Waals surface area contributed by atoms with Crippen LogP contribution in [0.25, 0.3) is 0 Å². The number of alkyl carbamates (subject to hydrolysis) is 1. The maximum Gasteiger partial charge on any atom is 0.407 e. The summed E-state index contributed by atoms with van der Waals surface area (Å²) in [4.78, 5) is 12.9. The van der Waals surface area contributed by atoms with Crippen LogP contribution in [0, 0.1) is 6.92 Å². The van der Waals surface area contributed by atoms with Crippen LogP contribution in [-0.4, -0.2) is 22.6 Å². The highest BCUT2D eigenvalue weighted by Gasteiger charge is 2.24. The van der Waals surface area contributed by atoms with Crippen molar-refractivity contribution in [2.24, 2.45) is 0 Å². The molecule has 1 aliphatic carbocycles. The normalized spacial score (nSPS) is 18.7. The van der Waals surface area contributed by atoms with E-state index in [4.69, 9.17) is 17.0 Å². The van der Waals surface area contributed by atoms with Gasteiger partial charge in [-0.15, -0.1) is 0 Å². The molecule has 1 unspecified atom stereocenters. The molecule has 0 aromatic heterocycles. The first kappa shape index (κ1) is 16.0. The van der Waals surface area contributed by atoms with Gasteiger partial charge >= 0.3 is 6.09 Å². The molecule has 1 aromatic carbocycles. The largest absolute Gasteiger partial charge is 0.444 e. The van der Waals surface area contributed by atoms with Crippen molar-refractivity contribution in [1.29, 1.82) is 0 Å². The van der Waals surface area contributed by atoms with Crippen LogP contribution in [0.1, 0.15) is 43.9 Å². The zero-order chi connectivity index (χ0) is 15.6. The van der Waals surface area contributed by atoms with E-state index in [1.54, 1.807) is 0 Å². The lowest BCUT2D eigenvalue weighted by molar-refractivity contribution is 0.0506. The molecular weight excluding hydrogens is 282 g/mol. The summed E-state index contributed by atoms with van der Waals surface area (Å²) in [6, 6.07) is 6.46. The molecule has 4 heteroatoms. The number of benzene rings is 1. The molecule has 0 aliphatic heterocycles. The van der Waals surface area contributed by atoms with Crippen molar-refractivity contribution in [1.82, 2.24) is 5.32 Å². The molecule has 1 N–H and O–H groups in total. The van der Waals surface area contributed by atoms with Gasteiger partial charge in [-0.1, -0.05) is 36.0 Å². The lowest BCUT2D eigenvalue weighted by Crippen LogP contribution is -2.40. The molecule has 1 aliphatic rings. The smallest absolute Gasteiger partial charge is 0.407 e. The van der Waals surface area contributed by atoms with Gasteiger partial charge in [0.05, 0.1) is 0 Å². The standard InChI is InChI=1S/C17H23NO2S/c1-11-5-6-12-9-15(21)10-14(8-13(12)7-11)18-16(19)20-17(2,3)4/h5-7,14H,8-10H2,1-4H3,(H,18,19). The topological polar surface area (TPSA) is 38.3 Å². The van der Waals surface area contributed by atoms with Gasteiger partial charge in [-0.25, -0.2) is 4.79 Å². The van der Waals surface area contributed by atoms with Crippen LogP contribution >= 0.6 is 12.2 Å². The van der Waals surface area contributed by atoms with Crippen LogP contribution in [0.5, 0.6) is 0 Å². The minimum absolute atomic E-state index is 0.00963. The number of nitrogens with one attached hydrogen (secondary N) is 1. The van der Waals surface area contributed by atoms with E-state index in [2.05, 4.69) is 30.4 Å². The predicted octanol–water partition coefficient (Wildman–Crippen LogP) is 3.75. The van der Waals surface area contributed by atoms with Gasteiger partial charge in [-0.2, -0.15) is 0 Å². The van der Waals surface area contributed by atoms with Crippen molar-refractivity contribution >= 4 is 23.2 Å². The molecule has 3 nitrogen and oxygen atoms in total. The molecule has 0 bridgehead atoms. The number of rotatable bonds is 1. The lowest BCUT2D eigenvalue weighted by Gasteiger charge is -2.23. The first-order valence-electron chi connectivity index (χ1n) is 7.32. The Morgan fingerprint density at radius 3 is 2.67 bits per heavy atom. The molecule has 0 fully saturated rings. The molecular formula is C17H23NO2S. The minimum atomic E-state index is -0.482. The second-order valence-electron chi connectivity index (χ2n) is 6.74. The molecule has 1 aromatic rings.